The summed E-state index contributed by atoms with van der Waals surface area (Å²) in [5.41, 5.74) is -0.387. The van der Waals surface area contributed by atoms with E-state index in [0.717, 1.165) is 10.5 Å². The van der Waals surface area contributed by atoms with Crippen LogP contribution in [0.5, 0.6) is 0 Å². The van der Waals surface area contributed by atoms with Crippen molar-refractivity contribution in [1.29, 1.82) is 0 Å². The minimum Gasteiger partial charge on any atom is -0.461 e. The highest BCUT2D eigenvalue weighted by Gasteiger charge is 2.56. The number of hydrogen-bond donors (Lipinski definition) is 1. The van der Waals surface area contributed by atoms with Gasteiger partial charge in [-0.15, -0.1) is 0 Å². The Bertz CT molecular complexity index is 630. The van der Waals surface area contributed by atoms with Gasteiger partial charge in [0.15, 0.2) is 0 Å². The van der Waals surface area contributed by atoms with Crippen LogP contribution in [0, 0.1) is 0 Å². The van der Waals surface area contributed by atoms with Gasteiger partial charge in [0, 0.05) is 6.42 Å². The normalized spacial score (nSPS) is 31.4. The highest BCUT2D eigenvalue weighted by Crippen LogP contribution is 2.35. The van der Waals surface area contributed by atoms with Crippen LogP contribution in [0.1, 0.15) is 32.3 Å². The third kappa shape index (κ3) is 1.98. The number of carbonyl (C=O) groups excluding carboxylic acids is 3. The predicted octanol–water partition coefficient (Wildman–Crippen LogP) is 1.55. The third-order valence-electron chi connectivity index (χ3n) is 4.38. The largest absolute Gasteiger partial charge is 0.461 e. The van der Waals surface area contributed by atoms with Crippen LogP contribution in [0.3, 0.4) is 0 Å². The zero-order valence-corrected chi connectivity index (χ0v) is 12.5. The summed E-state index contributed by atoms with van der Waals surface area (Å²) in [5.74, 6) is -0.904. The highest BCUT2D eigenvalue weighted by atomic mass is 16.6. The smallest absolute Gasteiger partial charge is 0.329 e. The molecule has 0 aromatic heterocycles. The van der Waals surface area contributed by atoms with Gasteiger partial charge in [0.2, 0.25) is 0 Å². The van der Waals surface area contributed by atoms with E-state index < -0.39 is 23.6 Å². The number of ether oxygens (including phenoxy) is 1. The summed E-state index contributed by atoms with van der Waals surface area (Å²) in [6.45, 7) is 3.59. The Morgan fingerprint density at radius 3 is 2.50 bits per heavy atom. The van der Waals surface area contributed by atoms with Gasteiger partial charge in [0.25, 0.3) is 5.91 Å². The molecule has 1 N–H and O–H groups in total. The van der Waals surface area contributed by atoms with E-state index >= 15 is 0 Å². The molecule has 0 radical (unpaired) electrons. The second kappa shape index (κ2) is 5.12. The molecule has 3 amide bonds. The summed E-state index contributed by atoms with van der Waals surface area (Å²) < 4.78 is 5.08. The predicted molar refractivity (Wildman–Crippen MR) is 77.7 cm³/mol. The van der Waals surface area contributed by atoms with Gasteiger partial charge in [-0.25, -0.2) is 14.5 Å². The number of imide groups is 1. The SMILES string of the molecule is CC[C@]1(c2ccccc2)NC(=O)N([C@@H]2C[C@H](C)OC2=O)C1=O. The fourth-order valence-corrected chi connectivity index (χ4v) is 3.19. The molecule has 2 aliphatic heterocycles. The van der Waals surface area contributed by atoms with E-state index in [1.807, 2.05) is 25.1 Å². The first-order chi connectivity index (χ1) is 10.5. The van der Waals surface area contributed by atoms with Crippen LogP contribution >= 0.6 is 0 Å². The lowest BCUT2D eigenvalue weighted by Crippen LogP contribution is -2.46. The van der Waals surface area contributed by atoms with Crippen molar-refractivity contribution in [3.05, 3.63) is 35.9 Å². The van der Waals surface area contributed by atoms with Crippen LogP contribution in [0.4, 0.5) is 4.79 Å². The van der Waals surface area contributed by atoms with Crippen molar-refractivity contribution in [2.24, 2.45) is 0 Å². The minimum atomic E-state index is -1.11. The number of rotatable bonds is 3. The van der Waals surface area contributed by atoms with E-state index in [4.69, 9.17) is 4.74 Å². The summed E-state index contributed by atoms with van der Waals surface area (Å²) in [4.78, 5) is 38.2. The molecule has 2 aliphatic rings. The van der Waals surface area contributed by atoms with E-state index in [0.29, 0.717) is 12.8 Å². The van der Waals surface area contributed by atoms with E-state index in [1.165, 1.54) is 0 Å². The second-order valence-electron chi connectivity index (χ2n) is 5.73. The van der Waals surface area contributed by atoms with Gasteiger partial charge in [-0.3, -0.25) is 4.79 Å². The van der Waals surface area contributed by atoms with Gasteiger partial charge in [0.05, 0.1) is 0 Å². The third-order valence-corrected chi connectivity index (χ3v) is 4.38. The van der Waals surface area contributed by atoms with Crippen LogP contribution in [-0.2, 0) is 19.9 Å². The van der Waals surface area contributed by atoms with E-state index in [2.05, 4.69) is 5.32 Å². The molecule has 3 rings (SSSR count). The zero-order chi connectivity index (χ0) is 15.9. The van der Waals surface area contributed by atoms with Crippen LogP contribution in [0.2, 0.25) is 0 Å². The molecule has 6 heteroatoms. The average molecular weight is 302 g/mol. The van der Waals surface area contributed by atoms with Crippen molar-refractivity contribution in [1.82, 2.24) is 10.2 Å². The molecule has 2 saturated heterocycles. The summed E-state index contributed by atoms with van der Waals surface area (Å²) >= 11 is 0. The van der Waals surface area contributed by atoms with Gasteiger partial charge < -0.3 is 10.1 Å². The lowest BCUT2D eigenvalue weighted by Gasteiger charge is -2.26. The molecule has 116 valence electrons. The molecule has 0 saturated carbocycles. The van der Waals surface area contributed by atoms with Gasteiger partial charge in [-0.05, 0) is 18.9 Å². The van der Waals surface area contributed by atoms with Crippen molar-refractivity contribution in [3.8, 4) is 0 Å². The number of carbonyl (C=O) groups is 3. The van der Waals surface area contributed by atoms with E-state index in [1.54, 1.807) is 19.1 Å². The van der Waals surface area contributed by atoms with Gasteiger partial charge in [-0.1, -0.05) is 37.3 Å². The van der Waals surface area contributed by atoms with E-state index in [9.17, 15) is 14.4 Å². The van der Waals surface area contributed by atoms with Crippen molar-refractivity contribution >= 4 is 17.9 Å². The Labute approximate surface area is 128 Å². The summed E-state index contributed by atoms with van der Waals surface area (Å²) in [5, 5.41) is 2.78. The molecule has 0 aliphatic carbocycles. The maximum atomic E-state index is 12.9. The number of benzene rings is 1. The Balaban J connectivity index is 1.98. The molecule has 2 fully saturated rings. The minimum absolute atomic E-state index is 0.286. The molecular formula is C16H18N2O4. The molecule has 2 heterocycles. The van der Waals surface area contributed by atoms with Crippen molar-refractivity contribution in [2.45, 2.75) is 44.4 Å². The Morgan fingerprint density at radius 1 is 1.27 bits per heavy atom. The quantitative estimate of drug-likeness (QED) is 0.679. The fourth-order valence-electron chi connectivity index (χ4n) is 3.19. The maximum Gasteiger partial charge on any atom is 0.329 e. The van der Waals surface area contributed by atoms with Crippen LogP contribution in [-0.4, -0.2) is 35.0 Å². The second-order valence-corrected chi connectivity index (χ2v) is 5.73. The Hall–Kier alpha value is -2.37. The van der Waals surface area contributed by atoms with Crippen LogP contribution < -0.4 is 5.32 Å². The average Bonchev–Trinajstić information content (AvgIpc) is 2.96. The van der Waals surface area contributed by atoms with E-state index in [-0.39, 0.29) is 12.0 Å². The molecule has 0 bridgehead atoms. The monoisotopic (exact) mass is 302 g/mol. The van der Waals surface area contributed by atoms with Crippen LogP contribution in [0.25, 0.3) is 0 Å². The Kier molecular flexibility index (Phi) is 3.39. The number of urea groups is 1. The van der Waals surface area contributed by atoms with Gasteiger partial charge >= 0.3 is 12.0 Å². The maximum absolute atomic E-state index is 12.9. The van der Waals surface area contributed by atoms with Crippen LogP contribution in [0.15, 0.2) is 30.3 Å². The number of hydrogen-bond acceptors (Lipinski definition) is 4. The summed E-state index contributed by atoms with van der Waals surface area (Å²) in [6, 6.07) is 7.73. The molecule has 3 atom stereocenters. The first-order valence-corrected chi connectivity index (χ1v) is 7.41. The lowest BCUT2D eigenvalue weighted by molar-refractivity contribution is -0.148. The molecule has 0 unspecified atom stereocenters. The number of cyclic esters (lactones) is 1. The fraction of sp³-hybridized carbons (Fsp3) is 0.438. The topological polar surface area (TPSA) is 75.7 Å². The number of nitrogens with one attached hydrogen (secondary N) is 1. The molecule has 6 nitrogen and oxygen atoms in total. The van der Waals surface area contributed by atoms with Gasteiger partial charge in [-0.2, -0.15) is 0 Å². The van der Waals surface area contributed by atoms with Gasteiger partial charge in [0.1, 0.15) is 17.7 Å². The summed E-state index contributed by atoms with van der Waals surface area (Å²) in [6.07, 6.45) is 0.466. The Morgan fingerprint density at radius 2 is 1.95 bits per heavy atom. The summed E-state index contributed by atoms with van der Waals surface area (Å²) in [7, 11) is 0. The first-order valence-electron chi connectivity index (χ1n) is 7.41. The zero-order valence-electron chi connectivity index (χ0n) is 12.5. The molecule has 1 aromatic carbocycles. The van der Waals surface area contributed by atoms with Crippen molar-refractivity contribution < 1.29 is 19.1 Å². The standard InChI is InChI=1S/C16H18N2O4/c1-3-16(11-7-5-4-6-8-11)14(20)18(15(21)17-16)12-9-10(2)22-13(12)19/h4-8,10,12H,3,9H2,1-2H3,(H,17,21)/t10-,12+,16+/m0/s1. The molecular weight excluding hydrogens is 284 g/mol. The number of esters is 1. The first kappa shape index (κ1) is 14.6. The van der Waals surface area contributed by atoms with Crippen molar-refractivity contribution in [3.63, 3.8) is 0 Å². The lowest BCUT2D eigenvalue weighted by atomic mass is 9.87. The van der Waals surface area contributed by atoms with Crippen molar-refractivity contribution in [2.75, 3.05) is 0 Å². The molecule has 22 heavy (non-hydrogen) atoms. The molecule has 1 aromatic rings. The number of amides is 3. The molecule has 0 spiro atoms. The highest BCUT2D eigenvalue weighted by molar-refractivity contribution is 6.10. The number of nitrogens with zero attached hydrogens (tertiary/aromatic N) is 1.